The first-order chi connectivity index (χ1) is 15.0. The molecular weight excluding hydrogens is 394 g/mol. The molecule has 7 nitrogen and oxygen atoms in total. The van der Waals surface area contributed by atoms with Gasteiger partial charge in [0.15, 0.2) is 0 Å². The molecule has 0 radical (unpaired) electrons. The number of amides is 3. The fraction of sp³-hybridized carbons (Fsp3) is 0.542. The van der Waals surface area contributed by atoms with Crippen molar-refractivity contribution in [2.75, 3.05) is 31.6 Å². The number of anilines is 1. The number of likely N-dealkylation sites (tertiary alicyclic amines) is 1. The highest BCUT2D eigenvalue weighted by molar-refractivity contribution is 6.35. The first kappa shape index (κ1) is 23.0. The average Bonchev–Trinajstić information content (AvgIpc) is 3.01. The monoisotopic (exact) mass is 427 g/mol. The summed E-state index contributed by atoms with van der Waals surface area (Å²) in [5.41, 5.74) is 2.19. The molecule has 7 heteroatoms. The number of hydrogen-bond acceptors (Lipinski definition) is 5. The zero-order valence-electron chi connectivity index (χ0n) is 18.5. The fourth-order valence-corrected chi connectivity index (χ4v) is 4.36. The zero-order valence-corrected chi connectivity index (χ0v) is 18.5. The van der Waals surface area contributed by atoms with Gasteiger partial charge in [-0.2, -0.15) is 0 Å². The van der Waals surface area contributed by atoms with Gasteiger partial charge in [-0.1, -0.05) is 38.3 Å². The van der Waals surface area contributed by atoms with Crippen LogP contribution < -0.4 is 5.32 Å². The lowest BCUT2D eigenvalue weighted by Crippen LogP contribution is -2.40. The van der Waals surface area contributed by atoms with E-state index in [4.69, 9.17) is 0 Å². The summed E-state index contributed by atoms with van der Waals surface area (Å²) in [4.78, 5) is 41.4. The lowest BCUT2D eigenvalue weighted by atomic mass is 9.97. The van der Waals surface area contributed by atoms with E-state index in [0.29, 0.717) is 42.2 Å². The predicted molar refractivity (Wildman–Crippen MR) is 120 cm³/mol. The first-order valence-electron chi connectivity index (χ1n) is 11.3. The van der Waals surface area contributed by atoms with Gasteiger partial charge < -0.3 is 15.3 Å². The second-order valence-corrected chi connectivity index (χ2v) is 8.44. The molecule has 1 aromatic carbocycles. The SMILES string of the molecule is CCCCCCN1C(=O)C(c2ccc(NC(C)=O)cc2)=C(N2CCCC(CO)C2)C1=O. The predicted octanol–water partition coefficient (Wildman–Crippen LogP) is 3.01. The standard InChI is InChI=1S/C24H33N3O4/c1-3-4-5-6-14-27-23(30)21(19-9-11-20(12-10-19)25-17(2)29)22(24(27)31)26-13-7-8-18(15-26)16-28/h9-12,18,28H,3-8,13-16H2,1-2H3,(H,25,29). The first-order valence-corrected chi connectivity index (χ1v) is 11.3. The number of rotatable bonds is 9. The zero-order chi connectivity index (χ0) is 22.4. The van der Waals surface area contributed by atoms with Crippen molar-refractivity contribution in [3.05, 3.63) is 35.5 Å². The van der Waals surface area contributed by atoms with Gasteiger partial charge in [0.05, 0.1) is 5.57 Å². The van der Waals surface area contributed by atoms with Crippen LogP contribution in [0.1, 0.15) is 57.9 Å². The van der Waals surface area contributed by atoms with E-state index in [2.05, 4.69) is 12.2 Å². The minimum absolute atomic E-state index is 0.0768. The molecule has 2 heterocycles. The Morgan fingerprint density at radius 3 is 2.52 bits per heavy atom. The summed E-state index contributed by atoms with van der Waals surface area (Å²) in [7, 11) is 0. The number of nitrogens with one attached hydrogen (secondary N) is 1. The van der Waals surface area contributed by atoms with Gasteiger partial charge in [-0.05, 0) is 42.9 Å². The highest BCUT2D eigenvalue weighted by Crippen LogP contribution is 2.34. The number of carbonyl (C=O) groups excluding carboxylic acids is 3. The van der Waals surface area contributed by atoms with E-state index in [9.17, 15) is 19.5 Å². The molecule has 1 unspecified atom stereocenters. The molecule has 3 rings (SSSR count). The molecule has 1 fully saturated rings. The molecule has 168 valence electrons. The summed E-state index contributed by atoms with van der Waals surface area (Å²) in [6.07, 6.45) is 5.75. The van der Waals surface area contributed by atoms with Gasteiger partial charge in [0.2, 0.25) is 5.91 Å². The second kappa shape index (κ2) is 10.6. The van der Waals surface area contributed by atoms with E-state index in [1.165, 1.54) is 11.8 Å². The third-order valence-corrected chi connectivity index (χ3v) is 5.97. The maximum atomic E-state index is 13.4. The summed E-state index contributed by atoms with van der Waals surface area (Å²) < 4.78 is 0. The molecule has 1 atom stereocenters. The third-order valence-electron chi connectivity index (χ3n) is 5.97. The number of benzene rings is 1. The molecule has 0 aliphatic carbocycles. The average molecular weight is 428 g/mol. The van der Waals surface area contributed by atoms with Crippen LogP contribution in [-0.2, 0) is 14.4 Å². The Morgan fingerprint density at radius 2 is 1.87 bits per heavy atom. The van der Waals surface area contributed by atoms with Crippen molar-refractivity contribution >= 4 is 29.0 Å². The largest absolute Gasteiger partial charge is 0.396 e. The number of aliphatic hydroxyl groups excluding tert-OH is 1. The van der Waals surface area contributed by atoms with Crippen LogP contribution >= 0.6 is 0 Å². The minimum Gasteiger partial charge on any atom is -0.396 e. The van der Waals surface area contributed by atoms with Crippen LogP contribution in [0.3, 0.4) is 0 Å². The Morgan fingerprint density at radius 1 is 1.13 bits per heavy atom. The van der Waals surface area contributed by atoms with Crippen LogP contribution in [0.15, 0.2) is 30.0 Å². The minimum atomic E-state index is -0.255. The maximum Gasteiger partial charge on any atom is 0.277 e. The smallest absolute Gasteiger partial charge is 0.277 e. The van der Waals surface area contributed by atoms with Crippen molar-refractivity contribution in [1.82, 2.24) is 9.80 Å². The van der Waals surface area contributed by atoms with Crippen LogP contribution in [-0.4, -0.2) is 58.9 Å². The molecule has 1 aromatic rings. The number of carbonyl (C=O) groups is 3. The molecular formula is C24H33N3O4. The molecule has 2 N–H and O–H groups in total. The van der Waals surface area contributed by atoms with E-state index in [0.717, 1.165) is 38.5 Å². The Balaban J connectivity index is 1.92. The van der Waals surface area contributed by atoms with Crippen molar-refractivity contribution < 1.29 is 19.5 Å². The van der Waals surface area contributed by atoms with Gasteiger partial charge in [0.25, 0.3) is 11.8 Å². The second-order valence-electron chi connectivity index (χ2n) is 8.44. The molecule has 2 aliphatic rings. The summed E-state index contributed by atoms with van der Waals surface area (Å²) in [6.45, 7) is 5.34. The Kier molecular flexibility index (Phi) is 7.85. The topological polar surface area (TPSA) is 90.0 Å². The van der Waals surface area contributed by atoms with Crippen molar-refractivity contribution in [2.45, 2.75) is 52.4 Å². The molecule has 1 saturated heterocycles. The number of imide groups is 1. The third kappa shape index (κ3) is 5.34. The maximum absolute atomic E-state index is 13.4. The van der Waals surface area contributed by atoms with Crippen molar-refractivity contribution in [3.8, 4) is 0 Å². The highest BCUT2D eigenvalue weighted by atomic mass is 16.3. The highest BCUT2D eigenvalue weighted by Gasteiger charge is 2.42. The summed E-state index contributed by atoms with van der Waals surface area (Å²) in [5, 5.41) is 12.4. The van der Waals surface area contributed by atoms with Gasteiger partial charge in [0, 0.05) is 38.9 Å². The van der Waals surface area contributed by atoms with E-state index in [-0.39, 0.29) is 30.2 Å². The summed E-state index contributed by atoms with van der Waals surface area (Å²) >= 11 is 0. The number of unbranched alkanes of at least 4 members (excludes halogenated alkanes) is 3. The van der Waals surface area contributed by atoms with E-state index in [1.807, 2.05) is 4.90 Å². The quantitative estimate of drug-likeness (QED) is 0.467. The molecule has 0 spiro atoms. The van der Waals surface area contributed by atoms with Crippen molar-refractivity contribution in [3.63, 3.8) is 0 Å². The van der Waals surface area contributed by atoms with E-state index >= 15 is 0 Å². The molecule has 0 aromatic heterocycles. The van der Waals surface area contributed by atoms with E-state index < -0.39 is 0 Å². The van der Waals surface area contributed by atoms with Crippen LogP contribution in [0.25, 0.3) is 5.57 Å². The lowest BCUT2D eigenvalue weighted by molar-refractivity contribution is -0.137. The fourth-order valence-electron chi connectivity index (χ4n) is 4.36. The number of aliphatic hydroxyl groups is 1. The normalized spacial score (nSPS) is 19.4. The Hall–Kier alpha value is -2.67. The van der Waals surface area contributed by atoms with Gasteiger partial charge in [-0.15, -0.1) is 0 Å². The van der Waals surface area contributed by atoms with E-state index in [1.54, 1.807) is 24.3 Å². The molecule has 31 heavy (non-hydrogen) atoms. The van der Waals surface area contributed by atoms with Crippen LogP contribution in [0.4, 0.5) is 5.69 Å². The molecule has 0 saturated carbocycles. The van der Waals surface area contributed by atoms with Gasteiger partial charge in [-0.3, -0.25) is 19.3 Å². The molecule has 2 aliphatic heterocycles. The summed E-state index contributed by atoms with van der Waals surface area (Å²) in [5.74, 6) is -0.552. The molecule has 0 bridgehead atoms. The van der Waals surface area contributed by atoms with Crippen molar-refractivity contribution in [1.29, 1.82) is 0 Å². The van der Waals surface area contributed by atoms with Crippen LogP contribution in [0.2, 0.25) is 0 Å². The van der Waals surface area contributed by atoms with Gasteiger partial charge in [0.1, 0.15) is 5.70 Å². The molecule has 3 amide bonds. The van der Waals surface area contributed by atoms with Crippen LogP contribution in [0.5, 0.6) is 0 Å². The number of nitrogens with zero attached hydrogens (tertiary/aromatic N) is 2. The van der Waals surface area contributed by atoms with Crippen LogP contribution in [0, 0.1) is 5.92 Å². The Labute approximate surface area is 184 Å². The van der Waals surface area contributed by atoms with Gasteiger partial charge in [-0.25, -0.2) is 0 Å². The summed E-state index contributed by atoms with van der Waals surface area (Å²) in [6, 6.07) is 7.05. The van der Waals surface area contributed by atoms with Gasteiger partial charge >= 0.3 is 0 Å². The Bertz CT molecular complexity index is 847. The number of piperidine rings is 1. The van der Waals surface area contributed by atoms with Crippen molar-refractivity contribution in [2.24, 2.45) is 5.92 Å². The lowest BCUT2D eigenvalue weighted by Gasteiger charge is -2.34. The number of hydrogen-bond donors (Lipinski definition) is 2.